The van der Waals surface area contributed by atoms with E-state index in [9.17, 15) is 8.78 Å². The summed E-state index contributed by atoms with van der Waals surface area (Å²) >= 11 is 0. The van der Waals surface area contributed by atoms with E-state index in [1.165, 1.54) is 6.07 Å². The van der Waals surface area contributed by atoms with E-state index in [-0.39, 0.29) is 11.6 Å². The van der Waals surface area contributed by atoms with Gasteiger partial charge in [0.2, 0.25) is 0 Å². The molecule has 2 heterocycles. The summed E-state index contributed by atoms with van der Waals surface area (Å²) in [5.41, 5.74) is 0.546. The maximum Gasteiger partial charge on any atom is 0.186 e. The third kappa shape index (κ3) is 1.61. The van der Waals surface area contributed by atoms with Crippen LogP contribution in [0.2, 0.25) is 0 Å². The van der Waals surface area contributed by atoms with E-state index in [0.29, 0.717) is 23.9 Å². The van der Waals surface area contributed by atoms with Crippen LogP contribution >= 0.6 is 0 Å². The van der Waals surface area contributed by atoms with Crippen LogP contribution in [-0.2, 0) is 4.74 Å². The van der Waals surface area contributed by atoms with Crippen LogP contribution in [0.15, 0.2) is 12.1 Å². The summed E-state index contributed by atoms with van der Waals surface area (Å²) in [6.07, 6.45) is 0.809. The highest BCUT2D eigenvalue weighted by atomic mass is 19.2. The minimum absolute atomic E-state index is 0.0442. The van der Waals surface area contributed by atoms with Crippen molar-refractivity contribution in [2.75, 3.05) is 6.61 Å². The van der Waals surface area contributed by atoms with E-state index in [4.69, 9.17) is 4.74 Å². The van der Waals surface area contributed by atoms with Gasteiger partial charge < -0.3 is 9.72 Å². The van der Waals surface area contributed by atoms with Gasteiger partial charge in [-0.25, -0.2) is 13.8 Å². The van der Waals surface area contributed by atoms with E-state index in [0.717, 1.165) is 12.5 Å². The van der Waals surface area contributed by atoms with E-state index >= 15 is 0 Å². The first-order chi connectivity index (χ1) is 8.16. The molecule has 1 N–H and O–H groups in total. The van der Waals surface area contributed by atoms with Crippen LogP contribution in [-0.4, -0.2) is 16.6 Å². The fourth-order valence-corrected chi connectivity index (χ4v) is 2.22. The molecule has 2 aromatic rings. The number of hydrogen-bond donors (Lipinski definition) is 1. The molecular weight excluding hydrogens is 226 g/mol. The Kier molecular flexibility index (Phi) is 2.36. The second-order valence-corrected chi connectivity index (χ2v) is 4.44. The summed E-state index contributed by atoms with van der Waals surface area (Å²) in [6, 6.07) is 2.59. The number of aromatic nitrogens is 2. The Labute approximate surface area is 96.8 Å². The highest BCUT2D eigenvalue weighted by Gasteiger charge is 2.29. The summed E-state index contributed by atoms with van der Waals surface area (Å²) < 4.78 is 32.1. The van der Waals surface area contributed by atoms with Gasteiger partial charge in [0, 0.05) is 6.61 Å². The molecule has 0 amide bonds. The van der Waals surface area contributed by atoms with Gasteiger partial charge in [0.05, 0.1) is 5.52 Å². The molecule has 0 saturated carbocycles. The van der Waals surface area contributed by atoms with Crippen LogP contribution in [0.1, 0.15) is 25.3 Å². The number of halogens is 2. The van der Waals surface area contributed by atoms with Gasteiger partial charge in [0.1, 0.15) is 17.4 Å². The molecule has 17 heavy (non-hydrogen) atoms. The molecule has 1 fully saturated rings. The minimum atomic E-state index is -0.907. The Bertz CT molecular complexity index is 567. The van der Waals surface area contributed by atoms with Crippen LogP contribution in [0.25, 0.3) is 11.0 Å². The lowest BCUT2D eigenvalue weighted by Gasteiger charge is -2.10. The van der Waals surface area contributed by atoms with Gasteiger partial charge in [-0.3, -0.25) is 0 Å². The van der Waals surface area contributed by atoms with Crippen molar-refractivity contribution in [2.24, 2.45) is 5.92 Å². The van der Waals surface area contributed by atoms with E-state index < -0.39 is 11.6 Å². The highest BCUT2D eigenvalue weighted by molar-refractivity contribution is 5.75. The second-order valence-electron chi connectivity index (χ2n) is 4.44. The topological polar surface area (TPSA) is 37.9 Å². The third-order valence-corrected chi connectivity index (χ3v) is 3.22. The van der Waals surface area contributed by atoms with Crippen molar-refractivity contribution in [2.45, 2.75) is 19.4 Å². The second kappa shape index (κ2) is 3.77. The van der Waals surface area contributed by atoms with Crippen molar-refractivity contribution in [1.29, 1.82) is 0 Å². The minimum Gasteiger partial charge on any atom is -0.370 e. The predicted molar refractivity (Wildman–Crippen MR) is 58.5 cm³/mol. The number of nitrogens with one attached hydrogen (secondary N) is 1. The van der Waals surface area contributed by atoms with E-state index in [1.807, 2.05) is 0 Å². The summed E-state index contributed by atoms with van der Waals surface area (Å²) in [5, 5.41) is 0. The standard InChI is InChI=1S/C12H12F2N2O/c1-6-4-5-17-11(6)12-15-8-3-2-7(13)9(14)10(8)16-12/h2-3,6,11H,4-5H2,1H3,(H,15,16). The normalized spacial score (nSPS) is 24.6. The number of ether oxygens (including phenoxy) is 1. The molecule has 1 aromatic heterocycles. The molecule has 1 aliphatic rings. The summed E-state index contributed by atoms with van der Waals surface area (Å²) in [7, 11) is 0. The van der Waals surface area contributed by atoms with E-state index in [2.05, 4.69) is 16.9 Å². The average molecular weight is 238 g/mol. The number of benzene rings is 1. The van der Waals surface area contributed by atoms with Crippen molar-refractivity contribution in [1.82, 2.24) is 9.97 Å². The fourth-order valence-electron chi connectivity index (χ4n) is 2.22. The Morgan fingerprint density at radius 3 is 2.94 bits per heavy atom. The number of nitrogens with zero attached hydrogens (tertiary/aromatic N) is 1. The van der Waals surface area contributed by atoms with Gasteiger partial charge in [-0.15, -0.1) is 0 Å². The number of fused-ring (bicyclic) bond motifs is 1. The molecule has 0 bridgehead atoms. The Morgan fingerprint density at radius 2 is 2.24 bits per heavy atom. The molecule has 3 nitrogen and oxygen atoms in total. The molecule has 1 aliphatic heterocycles. The van der Waals surface area contributed by atoms with Crippen molar-refractivity contribution in [3.8, 4) is 0 Å². The van der Waals surface area contributed by atoms with Gasteiger partial charge in [-0.1, -0.05) is 6.92 Å². The number of H-pyrrole nitrogens is 1. The average Bonchev–Trinajstić information content (AvgIpc) is 2.89. The van der Waals surface area contributed by atoms with Gasteiger partial charge in [-0.2, -0.15) is 0 Å². The van der Waals surface area contributed by atoms with Crippen LogP contribution in [0, 0.1) is 17.6 Å². The molecule has 1 aromatic carbocycles. The number of aromatic amines is 1. The Hall–Kier alpha value is -1.49. The fraction of sp³-hybridized carbons (Fsp3) is 0.417. The SMILES string of the molecule is CC1CCOC1c1nc2c(F)c(F)ccc2[nH]1. The van der Waals surface area contributed by atoms with Crippen molar-refractivity contribution in [3.05, 3.63) is 29.6 Å². The van der Waals surface area contributed by atoms with Crippen LogP contribution < -0.4 is 0 Å². The zero-order valence-electron chi connectivity index (χ0n) is 9.34. The quantitative estimate of drug-likeness (QED) is 0.829. The molecule has 1 saturated heterocycles. The smallest absolute Gasteiger partial charge is 0.186 e. The molecule has 0 aliphatic carbocycles. The van der Waals surface area contributed by atoms with Crippen LogP contribution in [0.3, 0.4) is 0 Å². The lowest BCUT2D eigenvalue weighted by atomic mass is 10.0. The molecule has 0 spiro atoms. The first kappa shape index (κ1) is 10.7. The van der Waals surface area contributed by atoms with Crippen molar-refractivity contribution >= 4 is 11.0 Å². The van der Waals surface area contributed by atoms with Gasteiger partial charge in [-0.05, 0) is 24.5 Å². The van der Waals surface area contributed by atoms with Gasteiger partial charge in [0.15, 0.2) is 11.6 Å². The van der Waals surface area contributed by atoms with Gasteiger partial charge >= 0.3 is 0 Å². The highest BCUT2D eigenvalue weighted by Crippen LogP contribution is 2.33. The maximum absolute atomic E-state index is 13.5. The third-order valence-electron chi connectivity index (χ3n) is 3.22. The predicted octanol–water partition coefficient (Wildman–Crippen LogP) is 2.94. The molecule has 90 valence electrons. The van der Waals surface area contributed by atoms with Gasteiger partial charge in [0.25, 0.3) is 0 Å². The first-order valence-corrected chi connectivity index (χ1v) is 5.62. The number of hydrogen-bond acceptors (Lipinski definition) is 2. The maximum atomic E-state index is 13.5. The Balaban J connectivity index is 2.10. The number of rotatable bonds is 1. The molecule has 3 rings (SSSR count). The molecule has 0 radical (unpaired) electrons. The molecule has 2 unspecified atom stereocenters. The largest absolute Gasteiger partial charge is 0.370 e. The lowest BCUT2D eigenvalue weighted by molar-refractivity contribution is 0.0882. The summed E-state index contributed by atoms with van der Waals surface area (Å²) in [4.78, 5) is 7.10. The van der Waals surface area contributed by atoms with Crippen molar-refractivity contribution in [3.63, 3.8) is 0 Å². The first-order valence-electron chi connectivity index (χ1n) is 5.62. The molecule has 2 atom stereocenters. The molecular formula is C12H12F2N2O. The lowest BCUT2D eigenvalue weighted by Crippen LogP contribution is -2.05. The van der Waals surface area contributed by atoms with Crippen molar-refractivity contribution < 1.29 is 13.5 Å². The molecule has 5 heteroatoms. The monoisotopic (exact) mass is 238 g/mol. The zero-order valence-corrected chi connectivity index (χ0v) is 9.34. The Morgan fingerprint density at radius 1 is 1.41 bits per heavy atom. The van der Waals surface area contributed by atoms with Crippen LogP contribution in [0.5, 0.6) is 0 Å². The number of imidazole rings is 1. The summed E-state index contributed by atoms with van der Waals surface area (Å²) in [6.45, 7) is 2.74. The van der Waals surface area contributed by atoms with E-state index in [1.54, 1.807) is 0 Å². The zero-order chi connectivity index (χ0) is 12.0. The summed E-state index contributed by atoms with van der Waals surface area (Å²) in [5.74, 6) is -0.871. The van der Waals surface area contributed by atoms with Crippen LogP contribution in [0.4, 0.5) is 8.78 Å².